The minimum atomic E-state index is 0.593. The van der Waals surface area contributed by atoms with E-state index in [1.54, 1.807) is 0 Å². The number of nitrogens with one attached hydrogen (secondary N) is 1. The molecule has 1 unspecified atom stereocenters. The molecule has 0 bridgehead atoms. The number of hydrogen-bond acceptors (Lipinski definition) is 4. The maximum absolute atomic E-state index is 4.34. The first-order valence-electron chi connectivity index (χ1n) is 5.47. The van der Waals surface area contributed by atoms with E-state index in [0.717, 1.165) is 19.0 Å². The van der Waals surface area contributed by atoms with Gasteiger partial charge in [-0.3, -0.25) is 0 Å². The topological polar surface area (TPSA) is 41.1 Å². The largest absolute Gasteiger partial charge is 0.347 e. The van der Waals surface area contributed by atoms with Crippen LogP contribution in [-0.2, 0) is 0 Å². The Morgan fingerprint density at radius 3 is 2.60 bits per heavy atom. The summed E-state index contributed by atoms with van der Waals surface area (Å²) in [7, 11) is 3.91. The van der Waals surface area contributed by atoms with Gasteiger partial charge in [0.15, 0.2) is 0 Å². The molecule has 1 fully saturated rings. The van der Waals surface area contributed by atoms with Gasteiger partial charge in [-0.2, -0.15) is 0 Å². The Morgan fingerprint density at radius 2 is 2.07 bits per heavy atom. The predicted molar refractivity (Wildman–Crippen MR) is 61.2 cm³/mol. The third-order valence-corrected chi connectivity index (χ3v) is 2.83. The summed E-state index contributed by atoms with van der Waals surface area (Å²) in [6, 6.07) is 0. The van der Waals surface area contributed by atoms with Crippen molar-refractivity contribution >= 4 is 5.95 Å². The van der Waals surface area contributed by atoms with Crippen LogP contribution in [0.3, 0.4) is 0 Å². The van der Waals surface area contributed by atoms with Gasteiger partial charge in [0.05, 0.1) is 0 Å². The average Bonchev–Trinajstić information content (AvgIpc) is 2.30. The molecule has 2 heterocycles. The SMILES string of the molecule is CN(C)c1ncc(C2CCCNC2)cn1. The quantitative estimate of drug-likeness (QED) is 0.784. The molecule has 1 aromatic rings. The van der Waals surface area contributed by atoms with Crippen LogP contribution in [0.15, 0.2) is 12.4 Å². The van der Waals surface area contributed by atoms with Crippen molar-refractivity contribution in [3.63, 3.8) is 0 Å². The highest BCUT2D eigenvalue weighted by Crippen LogP contribution is 2.22. The van der Waals surface area contributed by atoms with Crippen LogP contribution >= 0.6 is 0 Å². The van der Waals surface area contributed by atoms with Crippen molar-refractivity contribution < 1.29 is 0 Å². The maximum Gasteiger partial charge on any atom is 0.224 e. The fourth-order valence-corrected chi connectivity index (χ4v) is 1.91. The summed E-state index contributed by atoms with van der Waals surface area (Å²) in [6.45, 7) is 2.21. The van der Waals surface area contributed by atoms with Gasteiger partial charge in [0, 0.05) is 33.0 Å². The second-order valence-electron chi connectivity index (χ2n) is 4.25. The van der Waals surface area contributed by atoms with E-state index in [-0.39, 0.29) is 0 Å². The second kappa shape index (κ2) is 4.57. The molecule has 0 radical (unpaired) electrons. The highest BCUT2D eigenvalue weighted by Gasteiger charge is 2.15. The molecule has 0 saturated carbocycles. The van der Waals surface area contributed by atoms with Crippen LogP contribution in [0.1, 0.15) is 24.3 Å². The lowest BCUT2D eigenvalue weighted by Crippen LogP contribution is -2.28. The van der Waals surface area contributed by atoms with Crippen molar-refractivity contribution in [1.29, 1.82) is 0 Å². The van der Waals surface area contributed by atoms with Crippen molar-refractivity contribution in [2.45, 2.75) is 18.8 Å². The molecule has 0 aromatic carbocycles. The number of hydrogen-bond donors (Lipinski definition) is 1. The van der Waals surface area contributed by atoms with Crippen LogP contribution in [-0.4, -0.2) is 37.2 Å². The maximum atomic E-state index is 4.34. The van der Waals surface area contributed by atoms with Gasteiger partial charge in [-0.1, -0.05) is 0 Å². The minimum Gasteiger partial charge on any atom is -0.347 e. The third kappa shape index (κ3) is 2.45. The molecule has 4 nitrogen and oxygen atoms in total. The van der Waals surface area contributed by atoms with E-state index in [2.05, 4.69) is 15.3 Å². The minimum absolute atomic E-state index is 0.593. The summed E-state index contributed by atoms with van der Waals surface area (Å²) in [6.07, 6.45) is 6.41. The van der Waals surface area contributed by atoms with Crippen molar-refractivity contribution in [3.05, 3.63) is 18.0 Å². The molecule has 82 valence electrons. The highest BCUT2D eigenvalue weighted by atomic mass is 15.2. The van der Waals surface area contributed by atoms with Gasteiger partial charge in [0.25, 0.3) is 0 Å². The Labute approximate surface area is 90.7 Å². The van der Waals surface area contributed by atoms with Crippen LogP contribution < -0.4 is 10.2 Å². The van der Waals surface area contributed by atoms with Crippen LogP contribution in [0.2, 0.25) is 0 Å². The molecule has 1 N–H and O–H groups in total. The molecule has 1 atom stereocenters. The molecule has 1 aromatic heterocycles. The fourth-order valence-electron chi connectivity index (χ4n) is 1.91. The van der Waals surface area contributed by atoms with Crippen molar-refractivity contribution in [1.82, 2.24) is 15.3 Å². The standard InChI is InChI=1S/C11H18N4/c1-15(2)11-13-7-10(8-14-11)9-4-3-5-12-6-9/h7-9,12H,3-6H2,1-2H3. The number of piperidine rings is 1. The van der Waals surface area contributed by atoms with E-state index in [1.807, 2.05) is 31.4 Å². The Bertz CT molecular complexity index is 301. The summed E-state index contributed by atoms with van der Waals surface area (Å²) in [5.74, 6) is 1.37. The molecule has 2 rings (SSSR count). The number of rotatable bonds is 2. The number of anilines is 1. The van der Waals surface area contributed by atoms with Crippen LogP contribution in [0.5, 0.6) is 0 Å². The van der Waals surface area contributed by atoms with Gasteiger partial charge in [-0.15, -0.1) is 0 Å². The van der Waals surface area contributed by atoms with E-state index in [9.17, 15) is 0 Å². The zero-order valence-corrected chi connectivity index (χ0v) is 9.40. The molecule has 0 aliphatic carbocycles. The smallest absolute Gasteiger partial charge is 0.224 e. The van der Waals surface area contributed by atoms with Gasteiger partial charge >= 0.3 is 0 Å². The summed E-state index contributed by atoms with van der Waals surface area (Å²) in [5, 5.41) is 3.40. The first-order chi connectivity index (χ1) is 7.27. The molecule has 0 amide bonds. The van der Waals surface area contributed by atoms with E-state index in [0.29, 0.717) is 5.92 Å². The molecular formula is C11H18N4. The Hall–Kier alpha value is -1.16. The van der Waals surface area contributed by atoms with Crippen molar-refractivity contribution in [3.8, 4) is 0 Å². The van der Waals surface area contributed by atoms with E-state index in [1.165, 1.54) is 18.4 Å². The van der Waals surface area contributed by atoms with Gasteiger partial charge in [0.2, 0.25) is 5.95 Å². The zero-order valence-electron chi connectivity index (χ0n) is 9.40. The van der Waals surface area contributed by atoms with Crippen LogP contribution in [0.4, 0.5) is 5.95 Å². The monoisotopic (exact) mass is 206 g/mol. The molecular weight excluding hydrogens is 188 g/mol. The molecule has 1 aliphatic rings. The summed E-state index contributed by atoms with van der Waals surface area (Å²) >= 11 is 0. The molecule has 15 heavy (non-hydrogen) atoms. The predicted octanol–water partition coefficient (Wildman–Crippen LogP) is 1.01. The molecule has 0 spiro atoms. The summed E-state index contributed by atoms with van der Waals surface area (Å²) in [5.41, 5.74) is 1.26. The van der Waals surface area contributed by atoms with Crippen LogP contribution in [0.25, 0.3) is 0 Å². The summed E-state index contributed by atoms with van der Waals surface area (Å²) < 4.78 is 0. The normalized spacial score (nSPS) is 21.3. The Kier molecular flexibility index (Phi) is 3.16. The molecule has 1 aliphatic heterocycles. The van der Waals surface area contributed by atoms with E-state index in [4.69, 9.17) is 0 Å². The third-order valence-electron chi connectivity index (χ3n) is 2.83. The van der Waals surface area contributed by atoms with Gasteiger partial charge in [-0.05, 0) is 30.9 Å². The van der Waals surface area contributed by atoms with Crippen molar-refractivity contribution in [2.24, 2.45) is 0 Å². The number of nitrogens with zero attached hydrogens (tertiary/aromatic N) is 3. The zero-order chi connectivity index (χ0) is 10.7. The van der Waals surface area contributed by atoms with Crippen molar-refractivity contribution in [2.75, 3.05) is 32.1 Å². The van der Waals surface area contributed by atoms with E-state index >= 15 is 0 Å². The highest BCUT2D eigenvalue weighted by molar-refractivity contribution is 5.28. The second-order valence-corrected chi connectivity index (χ2v) is 4.25. The van der Waals surface area contributed by atoms with Crippen LogP contribution in [0, 0.1) is 0 Å². The van der Waals surface area contributed by atoms with Gasteiger partial charge in [-0.25, -0.2) is 9.97 Å². The molecule has 4 heteroatoms. The molecule has 1 saturated heterocycles. The van der Waals surface area contributed by atoms with Gasteiger partial charge in [0.1, 0.15) is 0 Å². The van der Waals surface area contributed by atoms with E-state index < -0.39 is 0 Å². The van der Waals surface area contributed by atoms with Gasteiger partial charge < -0.3 is 10.2 Å². The first kappa shape index (κ1) is 10.4. The average molecular weight is 206 g/mol. The fraction of sp³-hybridized carbons (Fsp3) is 0.636. The lowest BCUT2D eigenvalue weighted by Gasteiger charge is -2.22. The Balaban J connectivity index is 2.08. The first-order valence-corrected chi connectivity index (χ1v) is 5.47. The lowest BCUT2D eigenvalue weighted by molar-refractivity contribution is 0.460. The Morgan fingerprint density at radius 1 is 1.33 bits per heavy atom. The number of aromatic nitrogens is 2. The summed E-state index contributed by atoms with van der Waals surface area (Å²) in [4.78, 5) is 10.6. The lowest BCUT2D eigenvalue weighted by atomic mass is 9.94.